The second-order valence-corrected chi connectivity index (χ2v) is 3.39. The highest BCUT2D eigenvalue weighted by Crippen LogP contribution is 2.19. The third kappa shape index (κ3) is 2.92. The van der Waals surface area contributed by atoms with E-state index in [4.69, 9.17) is 9.84 Å². The van der Waals surface area contributed by atoms with Crippen LogP contribution in [0, 0.1) is 0 Å². The van der Waals surface area contributed by atoms with Crippen molar-refractivity contribution in [3.8, 4) is 5.75 Å². The first-order valence-electron chi connectivity index (χ1n) is 5.15. The fourth-order valence-electron chi connectivity index (χ4n) is 1.37. The zero-order valence-electron chi connectivity index (χ0n) is 9.42. The predicted molar refractivity (Wildman–Crippen MR) is 64.2 cm³/mol. The van der Waals surface area contributed by atoms with Crippen LogP contribution in [0.5, 0.6) is 5.75 Å². The van der Waals surface area contributed by atoms with Gasteiger partial charge >= 0.3 is 0 Å². The molecule has 0 aliphatic heterocycles. The molecule has 2 rings (SSSR count). The lowest BCUT2D eigenvalue weighted by Gasteiger charge is -2.07. The van der Waals surface area contributed by atoms with Crippen LogP contribution in [0.3, 0.4) is 0 Å². The number of benzene rings is 1. The summed E-state index contributed by atoms with van der Waals surface area (Å²) in [6.07, 6.45) is 1.60. The molecule has 0 fully saturated rings. The van der Waals surface area contributed by atoms with Gasteiger partial charge in [0.05, 0.1) is 19.4 Å². The van der Waals surface area contributed by atoms with E-state index < -0.39 is 0 Å². The number of hydrogen-bond donors (Lipinski definition) is 2. The minimum Gasteiger partial charge on any atom is -0.497 e. The van der Waals surface area contributed by atoms with Crippen molar-refractivity contribution in [2.75, 3.05) is 12.4 Å². The van der Waals surface area contributed by atoms with Crippen LogP contribution >= 0.6 is 0 Å². The molecule has 0 aliphatic rings. The molecule has 88 valence electrons. The molecular formula is C12H13N3O2. The number of nitrogens with one attached hydrogen (secondary N) is 1. The number of methoxy groups -OCH3 is 1. The molecule has 5 nitrogen and oxygen atoms in total. The molecule has 17 heavy (non-hydrogen) atoms. The Morgan fingerprint density at radius 3 is 3.00 bits per heavy atom. The molecule has 0 amide bonds. The molecule has 0 saturated heterocycles. The standard InChI is InChI=1S/C12H13N3O2/c1-17-11-4-2-3-9(7-11)14-12-13-6-5-10(8-16)15-12/h2-7,16H,8H2,1H3,(H,13,14,15). The molecular weight excluding hydrogens is 218 g/mol. The second-order valence-electron chi connectivity index (χ2n) is 3.39. The fraction of sp³-hybridized carbons (Fsp3) is 0.167. The van der Waals surface area contributed by atoms with E-state index in [0.717, 1.165) is 11.4 Å². The maximum atomic E-state index is 8.97. The molecule has 0 radical (unpaired) electrons. The molecule has 0 unspecified atom stereocenters. The van der Waals surface area contributed by atoms with Gasteiger partial charge in [-0.15, -0.1) is 0 Å². The lowest BCUT2D eigenvalue weighted by molar-refractivity contribution is 0.277. The van der Waals surface area contributed by atoms with Crippen LogP contribution < -0.4 is 10.1 Å². The Hall–Kier alpha value is -2.14. The normalized spacial score (nSPS) is 10.0. The van der Waals surface area contributed by atoms with Gasteiger partial charge in [-0.3, -0.25) is 0 Å². The molecule has 1 aromatic heterocycles. The maximum Gasteiger partial charge on any atom is 0.227 e. The van der Waals surface area contributed by atoms with Gasteiger partial charge in [-0.1, -0.05) is 6.07 Å². The summed E-state index contributed by atoms with van der Waals surface area (Å²) in [7, 11) is 1.61. The van der Waals surface area contributed by atoms with Crippen molar-refractivity contribution in [1.29, 1.82) is 0 Å². The summed E-state index contributed by atoms with van der Waals surface area (Å²) < 4.78 is 5.12. The summed E-state index contributed by atoms with van der Waals surface area (Å²) in [5, 5.41) is 12.0. The minimum atomic E-state index is -0.102. The van der Waals surface area contributed by atoms with E-state index in [1.165, 1.54) is 0 Å². The van der Waals surface area contributed by atoms with Crippen molar-refractivity contribution in [1.82, 2.24) is 9.97 Å². The first-order valence-corrected chi connectivity index (χ1v) is 5.15. The minimum absolute atomic E-state index is 0.102. The molecule has 0 aliphatic carbocycles. The lowest BCUT2D eigenvalue weighted by atomic mass is 10.3. The van der Waals surface area contributed by atoms with E-state index in [0.29, 0.717) is 11.6 Å². The predicted octanol–water partition coefficient (Wildman–Crippen LogP) is 1.72. The van der Waals surface area contributed by atoms with Crippen molar-refractivity contribution in [3.05, 3.63) is 42.2 Å². The van der Waals surface area contributed by atoms with Gasteiger partial charge in [-0.2, -0.15) is 0 Å². The molecule has 2 N–H and O–H groups in total. The Morgan fingerprint density at radius 2 is 2.24 bits per heavy atom. The number of nitrogens with zero attached hydrogens (tertiary/aromatic N) is 2. The van der Waals surface area contributed by atoms with E-state index in [1.54, 1.807) is 19.4 Å². The topological polar surface area (TPSA) is 67.3 Å². The van der Waals surface area contributed by atoms with Gasteiger partial charge in [0.1, 0.15) is 5.75 Å². The van der Waals surface area contributed by atoms with Crippen LogP contribution in [0.4, 0.5) is 11.6 Å². The van der Waals surface area contributed by atoms with E-state index in [1.807, 2.05) is 24.3 Å². The number of rotatable bonds is 4. The third-order valence-corrected chi connectivity index (χ3v) is 2.20. The van der Waals surface area contributed by atoms with Crippen LogP contribution in [0.1, 0.15) is 5.69 Å². The number of aliphatic hydroxyl groups excluding tert-OH is 1. The Labute approximate surface area is 99.1 Å². The van der Waals surface area contributed by atoms with Crippen molar-refractivity contribution < 1.29 is 9.84 Å². The van der Waals surface area contributed by atoms with Crippen molar-refractivity contribution in [2.45, 2.75) is 6.61 Å². The second kappa shape index (κ2) is 5.27. The molecule has 0 atom stereocenters. The number of hydrogen-bond acceptors (Lipinski definition) is 5. The largest absolute Gasteiger partial charge is 0.497 e. The van der Waals surface area contributed by atoms with Gasteiger partial charge in [0.15, 0.2) is 0 Å². The smallest absolute Gasteiger partial charge is 0.227 e. The highest BCUT2D eigenvalue weighted by atomic mass is 16.5. The van der Waals surface area contributed by atoms with Gasteiger partial charge in [0.2, 0.25) is 5.95 Å². The molecule has 0 bridgehead atoms. The maximum absolute atomic E-state index is 8.97. The Morgan fingerprint density at radius 1 is 1.35 bits per heavy atom. The summed E-state index contributed by atoms with van der Waals surface area (Å²) in [6.45, 7) is -0.102. The quantitative estimate of drug-likeness (QED) is 0.838. The van der Waals surface area contributed by atoms with Crippen LogP contribution in [-0.4, -0.2) is 22.2 Å². The molecule has 0 spiro atoms. The lowest BCUT2D eigenvalue weighted by Crippen LogP contribution is -1.99. The first kappa shape index (κ1) is 11.3. The van der Waals surface area contributed by atoms with Crippen LogP contribution in [-0.2, 0) is 6.61 Å². The summed E-state index contributed by atoms with van der Waals surface area (Å²) in [5.41, 5.74) is 1.41. The number of aliphatic hydroxyl groups is 1. The summed E-state index contributed by atoms with van der Waals surface area (Å²) in [6, 6.07) is 9.12. The van der Waals surface area contributed by atoms with Crippen molar-refractivity contribution in [2.24, 2.45) is 0 Å². The Bertz CT molecular complexity index is 457. The van der Waals surface area contributed by atoms with E-state index in [9.17, 15) is 0 Å². The summed E-state index contributed by atoms with van der Waals surface area (Å²) in [5.74, 6) is 1.21. The molecule has 1 aromatic carbocycles. The third-order valence-electron chi connectivity index (χ3n) is 2.20. The van der Waals surface area contributed by atoms with Crippen molar-refractivity contribution in [3.63, 3.8) is 0 Å². The van der Waals surface area contributed by atoms with E-state index in [-0.39, 0.29) is 6.61 Å². The van der Waals surface area contributed by atoms with Crippen LogP contribution in [0.25, 0.3) is 0 Å². The fourth-order valence-corrected chi connectivity index (χ4v) is 1.37. The van der Waals surface area contributed by atoms with Gasteiger partial charge < -0.3 is 15.2 Å². The summed E-state index contributed by atoms with van der Waals surface area (Å²) >= 11 is 0. The van der Waals surface area contributed by atoms with E-state index >= 15 is 0 Å². The zero-order chi connectivity index (χ0) is 12.1. The Kier molecular flexibility index (Phi) is 3.52. The van der Waals surface area contributed by atoms with E-state index in [2.05, 4.69) is 15.3 Å². The highest BCUT2D eigenvalue weighted by molar-refractivity contribution is 5.55. The van der Waals surface area contributed by atoms with Gasteiger partial charge in [-0.25, -0.2) is 9.97 Å². The molecule has 2 aromatic rings. The monoisotopic (exact) mass is 231 g/mol. The SMILES string of the molecule is COc1cccc(Nc2nccc(CO)n2)c1. The average molecular weight is 231 g/mol. The highest BCUT2D eigenvalue weighted by Gasteiger charge is 2.00. The molecule has 0 saturated carbocycles. The first-order chi connectivity index (χ1) is 8.31. The summed E-state index contributed by atoms with van der Waals surface area (Å²) in [4.78, 5) is 8.19. The molecule has 5 heteroatoms. The number of aromatic nitrogens is 2. The van der Waals surface area contributed by atoms with Crippen molar-refractivity contribution >= 4 is 11.6 Å². The van der Waals surface area contributed by atoms with Crippen LogP contribution in [0.15, 0.2) is 36.5 Å². The zero-order valence-corrected chi connectivity index (χ0v) is 9.42. The van der Waals surface area contributed by atoms with Gasteiger partial charge in [0.25, 0.3) is 0 Å². The molecule has 1 heterocycles. The number of ether oxygens (including phenoxy) is 1. The van der Waals surface area contributed by atoms with Gasteiger partial charge in [-0.05, 0) is 18.2 Å². The van der Waals surface area contributed by atoms with Crippen LogP contribution in [0.2, 0.25) is 0 Å². The number of anilines is 2. The van der Waals surface area contributed by atoms with Gasteiger partial charge in [0, 0.05) is 18.0 Å². The Balaban J connectivity index is 2.18. The average Bonchev–Trinajstić information content (AvgIpc) is 2.39.